The molecule has 1 atom stereocenters. The fraction of sp³-hybridized carbons (Fsp3) is 0.273. The molecule has 1 aliphatic heterocycles. The molecule has 3 rings (SSSR count). The molecule has 2 aromatic carbocycles. The van der Waals surface area contributed by atoms with E-state index in [-0.39, 0.29) is 17.9 Å². The Morgan fingerprint density at radius 3 is 2.68 bits per heavy atom. The van der Waals surface area contributed by atoms with Gasteiger partial charge in [0.1, 0.15) is 5.75 Å². The summed E-state index contributed by atoms with van der Waals surface area (Å²) in [5.41, 5.74) is 1.23. The van der Waals surface area contributed by atoms with Crippen LogP contribution in [0, 0.1) is 0 Å². The first kappa shape index (κ1) is 25.5. The van der Waals surface area contributed by atoms with Crippen LogP contribution in [0.15, 0.2) is 50.3 Å². The molecule has 0 bridgehead atoms. The van der Waals surface area contributed by atoms with Gasteiger partial charge in [0, 0.05) is 34.4 Å². The van der Waals surface area contributed by atoms with E-state index in [9.17, 15) is 24.6 Å². The lowest BCUT2D eigenvalue weighted by atomic mass is 10.0. The van der Waals surface area contributed by atoms with Gasteiger partial charge in [-0.05, 0) is 52.7 Å². The van der Waals surface area contributed by atoms with Crippen LogP contribution in [0.25, 0.3) is 0 Å². The third kappa shape index (κ3) is 7.19. The fourth-order valence-electron chi connectivity index (χ4n) is 3.26. The number of amides is 2. The first-order valence-electron chi connectivity index (χ1n) is 10.4. The highest BCUT2D eigenvalue weighted by Crippen LogP contribution is 2.36. The number of rotatable bonds is 8. The smallest absolute Gasteiger partial charge is 0.305 e. The molecule has 2 amide bonds. The number of phenols is 1. The van der Waals surface area contributed by atoms with Crippen LogP contribution in [0.4, 0.5) is 5.69 Å². The zero-order chi connectivity index (χ0) is 24.7. The number of nitrogens with one attached hydrogen (secondary N) is 4. The quantitative estimate of drug-likeness (QED) is 0.274. The molecule has 12 heteroatoms. The Morgan fingerprint density at radius 2 is 1.97 bits per heavy atom. The van der Waals surface area contributed by atoms with Crippen LogP contribution in [-0.4, -0.2) is 53.6 Å². The van der Waals surface area contributed by atoms with Crippen LogP contribution in [0.5, 0.6) is 5.75 Å². The number of hydrogen-bond donors (Lipinski definition) is 6. The number of guanidine groups is 1. The summed E-state index contributed by atoms with van der Waals surface area (Å²) < 4.78 is 0.936. The van der Waals surface area contributed by atoms with Crippen LogP contribution in [-0.2, 0) is 9.59 Å². The van der Waals surface area contributed by atoms with Gasteiger partial charge in [-0.25, -0.2) is 0 Å². The SMILES string of the molecule is O=C(O)C[C@@H](NC(=O)CNC(=O)c1cccc(NC2=NCCCN2)c1)c1cc(Br)cc(Br)c1O. The number of carboxylic acid groups (broad SMARTS) is 1. The zero-order valence-electron chi connectivity index (χ0n) is 17.9. The van der Waals surface area contributed by atoms with Crippen molar-refractivity contribution in [2.45, 2.75) is 18.9 Å². The van der Waals surface area contributed by atoms with Gasteiger partial charge in [0.15, 0.2) is 5.96 Å². The standard InChI is InChI=1S/C22H23Br2N5O5/c23-13-8-15(20(33)16(24)9-13)17(10-19(31)32)29-18(30)11-27-21(34)12-3-1-4-14(7-12)28-22-25-5-2-6-26-22/h1,3-4,7-9,17,33H,2,5-6,10-11H2,(H,27,34)(H,29,30)(H,31,32)(H2,25,26,28)/t17-/m1/s1. The molecule has 6 N–H and O–H groups in total. The summed E-state index contributed by atoms with van der Waals surface area (Å²) in [4.78, 5) is 40.7. The fourth-order valence-corrected chi connectivity index (χ4v) is 4.52. The number of aliphatic imine (C=N–C) groups is 1. The van der Waals surface area contributed by atoms with Gasteiger partial charge in [-0.15, -0.1) is 0 Å². The van der Waals surface area contributed by atoms with Crippen molar-refractivity contribution in [2.24, 2.45) is 4.99 Å². The summed E-state index contributed by atoms with van der Waals surface area (Å²) in [5.74, 6) is -1.79. The van der Waals surface area contributed by atoms with E-state index in [4.69, 9.17) is 0 Å². The molecular weight excluding hydrogens is 574 g/mol. The highest BCUT2D eigenvalue weighted by Gasteiger charge is 2.23. The minimum Gasteiger partial charge on any atom is -0.506 e. The number of carbonyl (C=O) groups is 3. The number of benzene rings is 2. The molecule has 0 spiro atoms. The van der Waals surface area contributed by atoms with Crippen LogP contribution in [0.1, 0.15) is 34.8 Å². The van der Waals surface area contributed by atoms with Crippen LogP contribution < -0.4 is 21.3 Å². The number of anilines is 1. The Kier molecular flexibility index (Phi) is 8.88. The van der Waals surface area contributed by atoms with Crippen molar-refractivity contribution in [1.82, 2.24) is 16.0 Å². The molecule has 0 unspecified atom stereocenters. The van der Waals surface area contributed by atoms with Crippen molar-refractivity contribution in [1.29, 1.82) is 0 Å². The molecule has 10 nitrogen and oxygen atoms in total. The monoisotopic (exact) mass is 595 g/mol. The lowest BCUT2D eigenvalue weighted by Gasteiger charge is -2.20. The Morgan fingerprint density at radius 1 is 1.18 bits per heavy atom. The molecule has 180 valence electrons. The van der Waals surface area contributed by atoms with Gasteiger partial charge >= 0.3 is 5.97 Å². The van der Waals surface area contributed by atoms with Crippen molar-refractivity contribution >= 4 is 61.3 Å². The van der Waals surface area contributed by atoms with Gasteiger partial charge in [-0.2, -0.15) is 0 Å². The van der Waals surface area contributed by atoms with Crippen LogP contribution >= 0.6 is 31.9 Å². The summed E-state index contributed by atoms with van der Waals surface area (Å²) >= 11 is 6.48. The number of hydrogen-bond acceptors (Lipinski definition) is 7. The highest BCUT2D eigenvalue weighted by atomic mass is 79.9. The second-order valence-electron chi connectivity index (χ2n) is 7.44. The molecule has 2 aromatic rings. The van der Waals surface area contributed by atoms with E-state index in [1.165, 1.54) is 6.07 Å². The number of aliphatic carboxylic acids is 1. The lowest BCUT2D eigenvalue weighted by molar-refractivity contribution is -0.137. The number of nitrogens with zero attached hydrogens (tertiary/aromatic N) is 1. The predicted octanol–water partition coefficient (Wildman–Crippen LogP) is 2.74. The molecule has 0 saturated heterocycles. The number of phenolic OH excluding ortho intramolecular Hbond substituents is 1. The minimum atomic E-state index is -1.16. The van der Waals surface area contributed by atoms with Gasteiger partial charge in [0.05, 0.1) is 23.5 Å². The average molecular weight is 597 g/mol. The molecule has 1 aliphatic rings. The Labute approximate surface area is 212 Å². The zero-order valence-corrected chi connectivity index (χ0v) is 21.1. The number of aromatic hydroxyl groups is 1. The summed E-state index contributed by atoms with van der Waals surface area (Å²) in [6, 6.07) is 8.86. The van der Waals surface area contributed by atoms with E-state index in [0.29, 0.717) is 26.2 Å². The largest absolute Gasteiger partial charge is 0.506 e. The number of halogens is 2. The average Bonchev–Trinajstić information content (AvgIpc) is 2.80. The number of carboxylic acids is 1. The van der Waals surface area contributed by atoms with Crippen molar-refractivity contribution in [2.75, 3.05) is 25.0 Å². The van der Waals surface area contributed by atoms with E-state index in [1.54, 1.807) is 30.3 Å². The lowest BCUT2D eigenvalue weighted by Crippen LogP contribution is -2.39. The molecule has 34 heavy (non-hydrogen) atoms. The van der Waals surface area contributed by atoms with E-state index in [1.807, 2.05) is 0 Å². The molecular formula is C22H23Br2N5O5. The summed E-state index contributed by atoms with van der Waals surface area (Å²) in [5, 5.41) is 30.9. The Hall–Kier alpha value is -3.12. The second-order valence-corrected chi connectivity index (χ2v) is 9.21. The summed E-state index contributed by atoms with van der Waals surface area (Å²) in [7, 11) is 0. The molecule has 0 aromatic heterocycles. The molecule has 0 fully saturated rings. The van der Waals surface area contributed by atoms with E-state index < -0.39 is 30.2 Å². The highest BCUT2D eigenvalue weighted by molar-refractivity contribution is 9.11. The van der Waals surface area contributed by atoms with E-state index in [0.717, 1.165) is 19.5 Å². The third-order valence-electron chi connectivity index (χ3n) is 4.84. The maximum Gasteiger partial charge on any atom is 0.305 e. The van der Waals surface area contributed by atoms with Gasteiger partial charge in [0.2, 0.25) is 5.91 Å². The molecule has 0 radical (unpaired) electrons. The third-order valence-corrected chi connectivity index (χ3v) is 5.90. The second kappa shape index (κ2) is 11.8. The van der Waals surface area contributed by atoms with Crippen molar-refractivity contribution in [3.63, 3.8) is 0 Å². The first-order chi connectivity index (χ1) is 16.2. The first-order valence-corrected chi connectivity index (χ1v) is 11.9. The predicted molar refractivity (Wildman–Crippen MR) is 134 cm³/mol. The van der Waals surface area contributed by atoms with Gasteiger partial charge in [-0.3, -0.25) is 19.4 Å². The minimum absolute atomic E-state index is 0.180. The Bertz CT molecular complexity index is 1120. The van der Waals surface area contributed by atoms with Crippen molar-refractivity contribution in [3.05, 3.63) is 56.5 Å². The summed E-state index contributed by atoms with van der Waals surface area (Å²) in [6.07, 6.45) is 0.503. The number of carbonyl (C=O) groups excluding carboxylic acids is 2. The van der Waals surface area contributed by atoms with Crippen LogP contribution in [0.3, 0.4) is 0 Å². The van der Waals surface area contributed by atoms with E-state index >= 15 is 0 Å². The molecule has 1 heterocycles. The van der Waals surface area contributed by atoms with Gasteiger partial charge < -0.3 is 31.5 Å². The summed E-state index contributed by atoms with van der Waals surface area (Å²) in [6.45, 7) is 1.16. The van der Waals surface area contributed by atoms with Gasteiger partial charge in [-0.1, -0.05) is 22.0 Å². The van der Waals surface area contributed by atoms with E-state index in [2.05, 4.69) is 58.1 Å². The maximum atomic E-state index is 12.6. The van der Waals surface area contributed by atoms with Crippen LogP contribution in [0.2, 0.25) is 0 Å². The normalized spacial score (nSPS) is 13.8. The van der Waals surface area contributed by atoms with Gasteiger partial charge in [0.25, 0.3) is 5.91 Å². The maximum absolute atomic E-state index is 12.6. The van der Waals surface area contributed by atoms with Crippen molar-refractivity contribution < 1.29 is 24.6 Å². The topological polar surface area (TPSA) is 152 Å². The molecule has 0 aliphatic carbocycles. The molecule has 0 saturated carbocycles. The van der Waals surface area contributed by atoms with Crippen molar-refractivity contribution in [3.8, 4) is 5.75 Å². The Balaban J connectivity index is 1.62.